The average molecular weight is 416 g/mol. The molecule has 1 unspecified atom stereocenters. The van der Waals surface area contributed by atoms with E-state index in [9.17, 15) is 4.79 Å². The van der Waals surface area contributed by atoms with Gasteiger partial charge < -0.3 is 14.5 Å². The third kappa shape index (κ3) is 4.11. The summed E-state index contributed by atoms with van der Waals surface area (Å²) in [6.07, 6.45) is 3.71. The molecule has 0 radical (unpaired) electrons. The molecule has 0 spiro atoms. The second-order valence-electron chi connectivity index (χ2n) is 6.14. The fourth-order valence-electron chi connectivity index (χ4n) is 2.93. The highest BCUT2D eigenvalue weighted by Gasteiger charge is 2.23. The van der Waals surface area contributed by atoms with E-state index < -0.39 is 0 Å². The second kappa shape index (κ2) is 8.60. The molecule has 144 valence electrons. The van der Waals surface area contributed by atoms with E-state index in [0.717, 1.165) is 19.4 Å². The highest BCUT2D eigenvalue weighted by Crippen LogP contribution is 2.27. The lowest BCUT2D eigenvalue weighted by Crippen LogP contribution is -2.18. The molecule has 4 rings (SSSR count). The number of amides is 1. The van der Waals surface area contributed by atoms with E-state index in [2.05, 4.69) is 21.6 Å². The molecule has 0 aromatic carbocycles. The topological polar surface area (TPSA) is 106 Å². The number of nitrogens with zero attached hydrogens (tertiary/aromatic N) is 4. The third-order valence-electron chi connectivity index (χ3n) is 4.24. The van der Waals surface area contributed by atoms with Crippen LogP contribution >= 0.6 is 23.1 Å². The number of thioether (sulfide) groups is 1. The predicted molar refractivity (Wildman–Crippen MR) is 105 cm³/mol. The Hall–Kier alpha value is -2.61. The van der Waals surface area contributed by atoms with Crippen molar-refractivity contribution in [3.05, 3.63) is 35.4 Å². The van der Waals surface area contributed by atoms with Gasteiger partial charge in [-0.25, -0.2) is 0 Å². The van der Waals surface area contributed by atoms with Crippen LogP contribution < -0.4 is 5.32 Å². The molecule has 0 aliphatic carbocycles. The monoisotopic (exact) mass is 415 g/mol. The zero-order valence-corrected chi connectivity index (χ0v) is 16.5. The fourth-order valence-corrected chi connectivity index (χ4v) is 4.43. The molecule has 1 saturated heterocycles. The number of carbonyl (C=O) groups is 1. The predicted octanol–water partition coefficient (Wildman–Crippen LogP) is 3.38. The van der Waals surface area contributed by atoms with Crippen molar-refractivity contribution < 1.29 is 13.9 Å². The van der Waals surface area contributed by atoms with Gasteiger partial charge in [0.05, 0.1) is 30.2 Å². The van der Waals surface area contributed by atoms with E-state index in [4.69, 9.17) is 14.4 Å². The number of ether oxygens (including phenoxy) is 1. The van der Waals surface area contributed by atoms with Crippen LogP contribution in [0.3, 0.4) is 0 Å². The molecular weight excluding hydrogens is 398 g/mol. The number of carbonyl (C=O) groups excluding carboxylic acids is 1. The van der Waals surface area contributed by atoms with Gasteiger partial charge in [-0.15, -0.1) is 21.5 Å². The minimum absolute atomic E-state index is 0.0993. The van der Waals surface area contributed by atoms with E-state index in [1.165, 1.54) is 23.1 Å². The Morgan fingerprint density at radius 3 is 3.14 bits per heavy atom. The Labute approximate surface area is 169 Å². The number of hydrogen-bond acceptors (Lipinski definition) is 8. The van der Waals surface area contributed by atoms with Crippen LogP contribution in [0.1, 0.15) is 18.4 Å². The summed E-state index contributed by atoms with van der Waals surface area (Å²) in [5, 5.41) is 23.3. The van der Waals surface area contributed by atoms with Gasteiger partial charge in [0.15, 0.2) is 10.9 Å². The molecule has 1 aliphatic rings. The first kappa shape index (κ1) is 18.7. The van der Waals surface area contributed by atoms with Crippen molar-refractivity contribution in [1.29, 1.82) is 5.26 Å². The van der Waals surface area contributed by atoms with Gasteiger partial charge in [-0.3, -0.25) is 9.36 Å². The molecule has 8 nitrogen and oxygen atoms in total. The summed E-state index contributed by atoms with van der Waals surface area (Å²) in [7, 11) is 0. The van der Waals surface area contributed by atoms with Crippen molar-refractivity contribution in [2.24, 2.45) is 0 Å². The van der Waals surface area contributed by atoms with Crippen LogP contribution in [0, 0.1) is 11.3 Å². The molecule has 3 aromatic rings. The SMILES string of the molecule is N#Cc1ccsc1NC(=O)CSc1nnc(-c2ccco2)n1CC1CCCO1. The van der Waals surface area contributed by atoms with Crippen LogP contribution in [-0.2, 0) is 16.1 Å². The van der Waals surface area contributed by atoms with Gasteiger partial charge in [-0.2, -0.15) is 5.26 Å². The Kier molecular flexibility index (Phi) is 5.76. The summed E-state index contributed by atoms with van der Waals surface area (Å²) in [4.78, 5) is 12.3. The standard InChI is InChI=1S/C18H17N5O3S2/c19-9-12-5-8-27-17(12)20-15(24)11-28-18-22-21-16(14-4-2-7-26-14)23(18)10-13-3-1-6-25-13/h2,4-5,7-8,13H,1,3,6,10-11H2,(H,20,24). The quantitative estimate of drug-likeness (QED) is 0.590. The zero-order valence-electron chi connectivity index (χ0n) is 14.8. The summed E-state index contributed by atoms with van der Waals surface area (Å²) < 4.78 is 13.2. The number of rotatable bonds is 7. The van der Waals surface area contributed by atoms with Crippen LogP contribution in [0.2, 0.25) is 0 Å². The normalized spacial score (nSPS) is 16.2. The first-order valence-corrected chi connectivity index (χ1v) is 10.6. The fraction of sp³-hybridized carbons (Fsp3) is 0.333. The molecule has 1 aliphatic heterocycles. The maximum atomic E-state index is 12.3. The molecule has 1 amide bonds. The molecule has 1 N–H and O–H groups in total. The molecule has 28 heavy (non-hydrogen) atoms. The lowest BCUT2D eigenvalue weighted by Gasteiger charge is -2.13. The van der Waals surface area contributed by atoms with Crippen LogP contribution in [-0.4, -0.2) is 39.1 Å². The number of thiophene rings is 1. The number of anilines is 1. The third-order valence-corrected chi connectivity index (χ3v) is 6.04. The molecule has 0 saturated carbocycles. The van der Waals surface area contributed by atoms with Gasteiger partial charge in [0.2, 0.25) is 11.7 Å². The zero-order chi connectivity index (χ0) is 19.3. The summed E-state index contributed by atoms with van der Waals surface area (Å²) >= 11 is 2.62. The number of nitrogens with one attached hydrogen (secondary N) is 1. The van der Waals surface area contributed by atoms with E-state index >= 15 is 0 Å². The van der Waals surface area contributed by atoms with Crippen molar-refractivity contribution in [1.82, 2.24) is 14.8 Å². The molecular formula is C18H17N5O3S2. The molecule has 0 bridgehead atoms. The summed E-state index contributed by atoms with van der Waals surface area (Å²) in [5.41, 5.74) is 0.463. The largest absolute Gasteiger partial charge is 0.461 e. The molecule has 1 fully saturated rings. The van der Waals surface area contributed by atoms with E-state index in [1.54, 1.807) is 23.8 Å². The Morgan fingerprint density at radius 2 is 2.39 bits per heavy atom. The van der Waals surface area contributed by atoms with E-state index in [0.29, 0.717) is 33.9 Å². The minimum Gasteiger partial charge on any atom is -0.461 e. The van der Waals surface area contributed by atoms with Crippen molar-refractivity contribution >= 4 is 34.0 Å². The average Bonchev–Trinajstić information content (AvgIpc) is 3.48. The van der Waals surface area contributed by atoms with Gasteiger partial charge in [-0.1, -0.05) is 11.8 Å². The van der Waals surface area contributed by atoms with Gasteiger partial charge in [0.1, 0.15) is 11.1 Å². The highest BCUT2D eigenvalue weighted by atomic mass is 32.2. The van der Waals surface area contributed by atoms with E-state index in [-0.39, 0.29) is 17.8 Å². The smallest absolute Gasteiger partial charge is 0.235 e. The summed E-state index contributed by atoms with van der Waals surface area (Å²) in [5.74, 6) is 1.20. The van der Waals surface area contributed by atoms with Gasteiger partial charge in [0.25, 0.3) is 0 Å². The maximum Gasteiger partial charge on any atom is 0.235 e. The number of nitriles is 1. The highest BCUT2D eigenvalue weighted by molar-refractivity contribution is 7.99. The van der Waals surface area contributed by atoms with Crippen LogP contribution in [0.15, 0.2) is 39.4 Å². The Balaban J connectivity index is 1.47. The van der Waals surface area contributed by atoms with Gasteiger partial charge in [0, 0.05) is 6.61 Å². The van der Waals surface area contributed by atoms with Crippen LogP contribution in [0.25, 0.3) is 11.6 Å². The molecule has 1 atom stereocenters. The number of hydrogen-bond donors (Lipinski definition) is 1. The number of aromatic nitrogens is 3. The lowest BCUT2D eigenvalue weighted by molar-refractivity contribution is -0.113. The summed E-state index contributed by atoms with van der Waals surface area (Å²) in [6.45, 7) is 1.37. The van der Waals surface area contributed by atoms with E-state index in [1.807, 2.05) is 10.6 Å². The molecule has 10 heteroatoms. The Bertz CT molecular complexity index is 983. The first-order chi connectivity index (χ1) is 13.7. The van der Waals surface area contributed by atoms with Crippen molar-refractivity contribution in [2.45, 2.75) is 30.6 Å². The van der Waals surface area contributed by atoms with Crippen molar-refractivity contribution in [3.8, 4) is 17.7 Å². The van der Waals surface area contributed by atoms with Gasteiger partial charge in [-0.05, 0) is 36.4 Å². The minimum atomic E-state index is -0.199. The van der Waals surface area contributed by atoms with Crippen LogP contribution in [0.4, 0.5) is 5.00 Å². The van der Waals surface area contributed by atoms with Crippen LogP contribution in [0.5, 0.6) is 0 Å². The Morgan fingerprint density at radius 1 is 1.46 bits per heavy atom. The lowest BCUT2D eigenvalue weighted by atomic mass is 10.2. The maximum absolute atomic E-state index is 12.3. The first-order valence-electron chi connectivity index (χ1n) is 8.73. The molecule has 3 aromatic heterocycles. The number of furan rings is 1. The van der Waals surface area contributed by atoms with Gasteiger partial charge >= 0.3 is 0 Å². The van der Waals surface area contributed by atoms with Crippen molar-refractivity contribution in [2.75, 3.05) is 17.7 Å². The van der Waals surface area contributed by atoms with Crippen molar-refractivity contribution in [3.63, 3.8) is 0 Å². The second-order valence-corrected chi connectivity index (χ2v) is 8.00. The molecule has 4 heterocycles. The summed E-state index contributed by atoms with van der Waals surface area (Å²) in [6, 6.07) is 7.37.